The first-order chi connectivity index (χ1) is 13.1. The summed E-state index contributed by atoms with van der Waals surface area (Å²) in [6.07, 6.45) is 1.73. The lowest BCUT2D eigenvalue weighted by molar-refractivity contribution is 0.598. The predicted molar refractivity (Wildman–Crippen MR) is 115 cm³/mol. The maximum atomic E-state index is 12.6. The van der Waals surface area contributed by atoms with E-state index in [4.69, 9.17) is 0 Å². The number of nitrogens with zero attached hydrogens (tertiary/aromatic N) is 1. The highest BCUT2D eigenvalue weighted by atomic mass is 32.2. The van der Waals surface area contributed by atoms with Crippen molar-refractivity contribution in [2.24, 2.45) is 4.40 Å². The largest absolute Gasteiger partial charge is 0.283 e. The van der Waals surface area contributed by atoms with Crippen LogP contribution < -0.4 is 0 Å². The topological polar surface area (TPSA) is 46.5 Å². The first-order valence-corrected chi connectivity index (χ1v) is 11.3. The van der Waals surface area contributed by atoms with Gasteiger partial charge in [-0.25, -0.2) is 0 Å². The van der Waals surface area contributed by atoms with Crippen molar-refractivity contribution in [3.05, 3.63) is 102 Å². The second kappa shape index (κ2) is 9.60. The molecule has 0 amide bonds. The summed E-state index contributed by atoms with van der Waals surface area (Å²) in [6.45, 7) is 0. The molecule has 3 aromatic rings. The predicted octanol–water partition coefficient (Wildman–Crippen LogP) is 5.87. The smallest absolute Gasteiger partial charge is 0.199 e. The fourth-order valence-electron chi connectivity index (χ4n) is 2.13. The van der Waals surface area contributed by atoms with Gasteiger partial charge in [-0.3, -0.25) is 0 Å². The van der Waals surface area contributed by atoms with Crippen LogP contribution in [0.2, 0.25) is 0 Å². The molecule has 3 aromatic carbocycles. The van der Waals surface area contributed by atoms with Crippen LogP contribution in [0.15, 0.2) is 122 Å². The lowest BCUT2D eigenvalue weighted by Gasteiger charge is -2.04. The number of sulfonamides is 1. The number of rotatable bonds is 6. The summed E-state index contributed by atoms with van der Waals surface area (Å²) in [5.41, 5.74) is 0. The van der Waals surface area contributed by atoms with Crippen molar-refractivity contribution < 1.29 is 8.42 Å². The Labute approximate surface area is 168 Å². The van der Waals surface area contributed by atoms with Gasteiger partial charge in [0.05, 0.1) is 4.90 Å². The van der Waals surface area contributed by atoms with E-state index in [1.807, 2.05) is 66.1 Å². The lowest BCUT2D eigenvalue weighted by atomic mass is 10.4. The van der Waals surface area contributed by atoms with Crippen LogP contribution in [0.5, 0.6) is 0 Å². The molecule has 0 atom stereocenters. The third-order valence-corrected chi connectivity index (χ3v) is 6.56. The summed E-state index contributed by atoms with van der Waals surface area (Å²) in [6, 6.07) is 27.7. The van der Waals surface area contributed by atoms with E-state index in [2.05, 4.69) is 4.40 Å². The van der Waals surface area contributed by atoms with Crippen LogP contribution in [0.3, 0.4) is 0 Å². The molecule has 0 saturated heterocycles. The van der Waals surface area contributed by atoms with Gasteiger partial charge in [-0.05, 0) is 47.9 Å². The minimum absolute atomic E-state index is 0.181. The van der Waals surface area contributed by atoms with E-state index in [1.54, 1.807) is 36.4 Å². The van der Waals surface area contributed by atoms with Gasteiger partial charge in [0.25, 0.3) is 10.0 Å². The molecule has 0 N–H and O–H groups in total. The summed E-state index contributed by atoms with van der Waals surface area (Å²) in [5.74, 6) is 0. The second-order valence-electron chi connectivity index (χ2n) is 5.37. The van der Waals surface area contributed by atoms with E-state index >= 15 is 0 Å². The number of thioether (sulfide) groups is 2. The zero-order valence-corrected chi connectivity index (χ0v) is 16.8. The minimum Gasteiger partial charge on any atom is -0.199 e. The number of benzene rings is 3. The van der Waals surface area contributed by atoms with E-state index in [9.17, 15) is 8.42 Å². The Kier molecular flexibility index (Phi) is 6.92. The molecule has 0 fully saturated rings. The average molecular weight is 412 g/mol. The first kappa shape index (κ1) is 19.5. The molecule has 0 aliphatic carbocycles. The molecule has 0 bridgehead atoms. The van der Waals surface area contributed by atoms with Crippen molar-refractivity contribution >= 4 is 38.6 Å². The van der Waals surface area contributed by atoms with Gasteiger partial charge in [-0.2, -0.15) is 12.8 Å². The molecule has 0 aromatic heterocycles. The van der Waals surface area contributed by atoms with Crippen molar-refractivity contribution in [1.29, 1.82) is 0 Å². The summed E-state index contributed by atoms with van der Waals surface area (Å²) in [5, 5.41) is 2.26. The fourth-order valence-corrected chi connectivity index (χ4v) is 4.90. The van der Waals surface area contributed by atoms with Gasteiger partial charge in [0.15, 0.2) is 0 Å². The Morgan fingerprint density at radius 1 is 0.741 bits per heavy atom. The molecule has 136 valence electrons. The molecular weight excluding hydrogens is 394 g/mol. The van der Waals surface area contributed by atoms with Gasteiger partial charge < -0.3 is 0 Å². The minimum atomic E-state index is -3.77. The molecule has 27 heavy (non-hydrogen) atoms. The van der Waals surface area contributed by atoms with Crippen molar-refractivity contribution in [2.45, 2.75) is 14.7 Å². The Hall–Kier alpha value is -2.28. The summed E-state index contributed by atoms with van der Waals surface area (Å²) < 4.78 is 29.3. The molecule has 0 aliphatic heterocycles. The average Bonchev–Trinajstić information content (AvgIpc) is 2.70. The Morgan fingerprint density at radius 2 is 1.26 bits per heavy atom. The number of hydrogen-bond acceptors (Lipinski definition) is 4. The zero-order valence-electron chi connectivity index (χ0n) is 14.3. The molecule has 3 rings (SSSR count). The molecule has 0 heterocycles. The van der Waals surface area contributed by atoms with Crippen LogP contribution in [0.25, 0.3) is 0 Å². The van der Waals surface area contributed by atoms with Gasteiger partial charge >= 0.3 is 0 Å². The van der Waals surface area contributed by atoms with Crippen LogP contribution in [0.4, 0.5) is 0 Å². The van der Waals surface area contributed by atoms with E-state index in [-0.39, 0.29) is 4.90 Å². The van der Waals surface area contributed by atoms with Crippen LogP contribution in [0.1, 0.15) is 0 Å². The number of hydrogen-bond donors (Lipinski definition) is 0. The molecule has 0 spiro atoms. The van der Waals surface area contributed by atoms with Gasteiger partial charge in [-0.1, -0.05) is 78.1 Å². The van der Waals surface area contributed by atoms with E-state index in [1.165, 1.54) is 23.5 Å². The normalized spacial score (nSPS) is 12.4. The van der Waals surface area contributed by atoms with E-state index in [0.717, 1.165) is 9.79 Å². The summed E-state index contributed by atoms with van der Waals surface area (Å²) in [4.78, 5) is 2.18. The van der Waals surface area contributed by atoms with Crippen molar-refractivity contribution in [1.82, 2.24) is 0 Å². The fraction of sp³-hybridized carbons (Fsp3) is 0. The summed E-state index contributed by atoms with van der Waals surface area (Å²) in [7, 11) is -3.77. The van der Waals surface area contributed by atoms with Gasteiger partial charge in [0.2, 0.25) is 0 Å². The highest BCUT2D eigenvalue weighted by Gasteiger charge is 2.13. The Morgan fingerprint density at radius 3 is 1.85 bits per heavy atom. The van der Waals surface area contributed by atoms with E-state index in [0.29, 0.717) is 5.04 Å². The molecule has 3 nitrogen and oxygen atoms in total. The zero-order chi connectivity index (χ0) is 19.0. The highest BCUT2D eigenvalue weighted by molar-refractivity contribution is 8.15. The van der Waals surface area contributed by atoms with Gasteiger partial charge in [0.1, 0.15) is 5.04 Å². The van der Waals surface area contributed by atoms with Crippen LogP contribution in [0, 0.1) is 0 Å². The molecule has 0 radical (unpaired) electrons. The molecule has 0 unspecified atom stereocenters. The third kappa shape index (κ3) is 6.13. The summed E-state index contributed by atoms with van der Waals surface area (Å²) >= 11 is 2.83. The Balaban J connectivity index is 1.87. The SMILES string of the molecule is O=S(=O)(N=C(C=CSc1ccccc1)Sc1ccccc1)c1ccccc1. The quantitative estimate of drug-likeness (QED) is 0.289. The van der Waals surface area contributed by atoms with Crippen molar-refractivity contribution in [3.63, 3.8) is 0 Å². The first-order valence-electron chi connectivity index (χ1n) is 8.15. The van der Waals surface area contributed by atoms with Crippen LogP contribution in [-0.2, 0) is 10.0 Å². The van der Waals surface area contributed by atoms with Gasteiger partial charge in [0, 0.05) is 9.79 Å². The molecular formula is C21H17NO2S3. The van der Waals surface area contributed by atoms with Crippen molar-refractivity contribution in [3.8, 4) is 0 Å². The lowest BCUT2D eigenvalue weighted by Crippen LogP contribution is -2.00. The monoisotopic (exact) mass is 411 g/mol. The highest BCUT2D eigenvalue weighted by Crippen LogP contribution is 2.25. The second-order valence-corrected chi connectivity index (χ2v) is 9.04. The maximum Gasteiger partial charge on any atom is 0.283 e. The van der Waals surface area contributed by atoms with Crippen LogP contribution in [-0.4, -0.2) is 13.5 Å². The Bertz CT molecular complexity index is 1020. The molecule has 6 heteroatoms. The third-order valence-electron chi connectivity index (χ3n) is 3.37. The van der Waals surface area contributed by atoms with E-state index < -0.39 is 10.0 Å². The molecule has 0 saturated carbocycles. The molecule has 0 aliphatic rings. The standard InChI is InChI=1S/C21H17NO2S3/c23-27(24,20-14-8-3-9-15-20)22-21(26-19-12-6-2-7-13-19)16-17-25-18-10-4-1-5-11-18/h1-17H. The van der Waals surface area contributed by atoms with Gasteiger partial charge in [-0.15, -0.1) is 0 Å². The maximum absolute atomic E-state index is 12.6. The van der Waals surface area contributed by atoms with Crippen LogP contribution >= 0.6 is 23.5 Å². The van der Waals surface area contributed by atoms with Crippen molar-refractivity contribution in [2.75, 3.05) is 0 Å².